The molecule has 0 aromatic heterocycles. The summed E-state index contributed by atoms with van der Waals surface area (Å²) >= 11 is 0. The van der Waals surface area contributed by atoms with E-state index in [0.29, 0.717) is 17.4 Å². The molecule has 2 unspecified atom stereocenters. The number of nitrogens with zero attached hydrogens (tertiary/aromatic N) is 1. The van der Waals surface area contributed by atoms with Crippen LogP contribution in [0.3, 0.4) is 0 Å². The molecule has 0 aliphatic rings. The number of rotatable bonds is 51. The maximum absolute atomic E-state index is 12.8. The van der Waals surface area contributed by atoms with Crippen LogP contribution in [-0.4, -0.2) is 87.4 Å². The number of carbonyl (C=O) groups excluding carboxylic acids is 2. The van der Waals surface area contributed by atoms with E-state index in [1.807, 2.05) is 21.1 Å². The SMILES string of the molecule is CC/C=C\C/C=C\C/C=C\C/C=C\C/C=C\C/C=C\CCCCCCCCCCCCCCCCC(=O)OC(COC(=O)CCCCCCCCCCCCC)COC(OCC[N+](C)(C)C)C(=O)O. The molecule has 0 radical (unpaired) electrons. The lowest BCUT2D eigenvalue weighted by Crippen LogP contribution is -2.40. The van der Waals surface area contributed by atoms with E-state index < -0.39 is 24.3 Å². The quantitative estimate of drug-likeness (QED) is 0.0211. The van der Waals surface area contributed by atoms with E-state index in [4.69, 9.17) is 18.9 Å². The van der Waals surface area contributed by atoms with Crippen LogP contribution >= 0.6 is 0 Å². The standard InChI is InChI=1S/C60H105NO8/c1-6-8-10-12-14-16-18-19-20-21-22-23-24-25-26-27-28-29-30-31-32-33-34-35-36-37-38-39-41-43-45-47-49-51-58(63)69-56(55-68-60(59(64)65)66-53-52-61(3,4)5)54-67-57(62)50-48-46-44-42-40-17-15-13-11-9-7-2/h8,10,14,16,19-20,22-23,25-26,28-29,56,60H,6-7,9,11-13,15,17-18,21,24,27,30-55H2,1-5H3/p+1/b10-8-,16-14-,20-19-,23-22-,26-25-,29-28-. The lowest BCUT2D eigenvalue weighted by atomic mass is 10.0. The number of allylic oxidation sites excluding steroid dienone is 12. The van der Waals surface area contributed by atoms with Gasteiger partial charge in [0.25, 0.3) is 6.29 Å². The summed E-state index contributed by atoms with van der Waals surface area (Å²) in [5.74, 6) is -2.00. The molecule has 0 rings (SSSR count). The van der Waals surface area contributed by atoms with Crippen molar-refractivity contribution in [1.29, 1.82) is 0 Å². The number of esters is 2. The van der Waals surface area contributed by atoms with E-state index in [1.165, 1.54) is 128 Å². The summed E-state index contributed by atoms with van der Waals surface area (Å²) in [5, 5.41) is 9.67. The molecular formula is C60H106NO8+. The molecule has 0 heterocycles. The van der Waals surface area contributed by atoms with Crippen LogP contribution in [0.5, 0.6) is 0 Å². The first-order valence-electron chi connectivity index (χ1n) is 28.1. The van der Waals surface area contributed by atoms with Crippen molar-refractivity contribution < 1.29 is 42.9 Å². The van der Waals surface area contributed by atoms with E-state index >= 15 is 0 Å². The molecule has 0 aliphatic heterocycles. The number of quaternary nitrogens is 1. The number of carboxylic acid groups (broad SMARTS) is 1. The first-order chi connectivity index (χ1) is 33.6. The molecule has 398 valence electrons. The van der Waals surface area contributed by atoms with Gasteiger partial charge in [0.05, 0.1) is 34.4 Å². The third kappa shape index (κ3) is 52.4. The van der Waals surface area contributed by atoms with Crippen molar-refractivity contribution in [2.45, 2.75) is 245 Å². The fourth-order valence-corrected chi connectivity index (χ4v) is 7.66. The fraction of sp³-hybridized carbons (Fsp3) is 0.750. The topological polar surface area (TPSA) is 108 Å². The maximum Gasteiger partial charge on any atom is 0.361 e. The van der Waals surface area contributed by atoms with Crippen molar-refractivity contribution in [1.82, 2.24) is 0 Å². The van der Waals surface area contributed by atoms with E-state index in [9.17, 15) is 19.5 Å². The molecule has 69 heavy (non-hydrogen) atoms. The molecule has 2 atom stereocenters. The van der Waals surface area contributed by atoms with Gasteiger partial charge in [-0.3, -0.25) is 9.59 Å². The third-order valence-corrected chi connectivity index (χ3v) is 12.0. The van der Waals surface area contributed by atoms with Gasteiger partial charge in [0, 0.05) is 12.8 Å². The van der Waals surface area contributed by atoms with Crippen molar-refractivity contribution >= 4 is 17.9 Å². The Bertz CT molecular complexity index is 1360. The zero-order valence-corrected chi connectivity index (χ0v) is 45.2. The Balaban J connectivity index is 4.11. The highest BCUT2D eigenvalue weighted by Gasteiger charge is 2.25. The van der Waals surface area contributed by atoms with Gasteiger partial charge in [-0.25, -0.2) is 4.79 Å². The summed E-state index contributed by atoms with van der Waals surface area (Å²) in [4.78, 5) is 37.2. The number of ether oxygens (including phenoxy) is 4. The van der Waals surface area contributed by atoms with Gasteiger partial charge in [-0.2, -0.15) is 0 Å². The van der Waals surface area contributed by atoms with Crippen LogP contribution in [0.1, 0.15) is 232 Å². The highest BCUT2D eigenvalue weighted by molar-refractivity contribution is 5.71. The zero-order chi connectivity index (χ0) is 50.6. The lowest BCUT2D eigenvalue weighted by Gasteiger charge is -2.25. The molecule has 1 N–H and O–H groups in total. The minimum Gasteiger partial charge on any atom is -0.477 e. The Morgan fingerprint density at radius 1 is 0.449 bits per heavy atom. The second-order valence-corrected chi connectivity index (χ2v) is 19.9. The third-order valence-electron chi connectivity index (χ3n) is 12.0. The Labute approximate surface area is 424 Å². The summed E-state index contributed by atoms with van der Waals surface area (Å²) in [5.41, 5.74) is 0. The average Bonchev–Trinajstić information content (AvgIpc) is 3.31. The fourth-order valence-electron chi connectivity index (χ4n) is 7.66. The second kappa shape index (κ2) is 51.1. The van der Waals surface area contributed by atoms with Crippen molar-refractivity contribution in [3.8, 4) is 0 Å². The molecule has 0 amide bonds. The largest absolute Gasteiger partial charge is 0.477 e. The number of unbranched alkanes of at least 4 members (excludes halogenated alkanes) is 24. The smallest absolute Gasteiger partial charge is 0.361 e. The Kier molecular flexibility index (Phi) is 48.7. The van der Waals surface area contributed by atoms with Gasteiger partial charge in [-0.15, -0.1) is 0 Å². The predicted octanol–water partition coefficient (Wildman–Crippen LogP) is 16.2. The average molecular weight is 970 g/mol. The van der Waals surface area contributed by atoms with E-state index in [-0.39, 0.29) is 32.2 Å². The molecule has 0 bridgehead atoms. The Morgan fingerprint density at radius 3 is 1.23 bits per heavy atom. The number of hydrogen-bond acceptors (Lipinski definition) is 7. The number of carbonyl (C=O) groups is 3. The van der Waals surface area contributed by atoms with Gasteiger partial charge >= 0.3 is 17.9 Å². The Morgan fingerprint density at radius 2 is 0.826 bits per heavy atom. The maximum atomic E-state index is 12.8. The number of hydrogen-bond donors (Lipinski definition) is 1. The summed E-state index contributed by atoms with van der Waals surface area (Å²) in [6.07, 6.45) is 62.7. The zero-order valence-electron chi connectivity index (χ0n) is 45.2. The lowest BCUT2D eigenvalue weighted by molar-refractivity contribution is -0.870. The summed E-state index contributed by atoms with van der Waals surface area (Å²) < 4.78 is 22.8. The van der Waals surface area contributed by atoms with Crippen LogP contribution in [0, 0.1) is 0 Å². The molecule has 9 heteroatoms. The monoisotopic (exact) mass is 969 g/mol. The molecule has 0 fully saturated rings. The van der Waals surface area contributed by atoms with Gasteiger partial charge < -0.3 is 28.5 Å². The number of carboxylic acids is 1. The second-order valence-electron chi connectivity index (χ2n) is 19.9. The first-order valence-corrected chi connectivity index (χ1v) is 28.1. The van der Waals surface area contributed by atoms with Crippen LogP contribution in [0.25, 0.3) is 0 Å². The first kappa shape index (κ1) is 65.7. The van der Waals surface area contributed by atoms with E-state index in [0.717, 1.165) is 77.0 Å². The van der Waals surface area contributed by atoms with Crippen molar-refractivity contribution in [3.63, 3.8) is 0 Å². The molecule has 0 aliphatic carbocycles. The van der Waals surface area contributed by atoms with Gasteiger partial charge in [-0.05, 0) is 64.2 Å². The van der Waals surface area contributed by atoms with Crippen LogP contribution in [0.15, 0.2) is 72.9 Å². The molecule has 0 aromatic carbocycles. The highest BCUT2D eigenvalue weighted by atomic mass is 16.7. The van der Waals surface area contributed by atoms with Crippen molar-refractivity contribution in [2.24, 2.45) is 0 Å². The van der Waals surface area contributed by atoms with Gasteiger partial charge in [-0.1, -0.05) is 228 Å². The summed E-state index contributed by atoms with van der Waals surface area (Å²) in [6.45, 7) is 4.76. The highest BCUT2D eigenvalue weighted by Crippen LogP contribution is 2.16. The molecule has 9 nitrogen and oxygen atoms in total. The van der Waals surface area contributed by atoms with Gasteiger partial charge in [0.15, 0.2) is 6.10 Å². The van der Waals surface area contributed by atoms with Crippen LogP contribution in [0.2, 0.25) is 0 Å². The summed E-state index contributed by atoms with van der Waals surface area (Å²) in [7, 11) is 5.96. The molecule has 0 saturated carbocycles. The number of aliphatic carboxylic acids is 1. The normalized spacial score (nSPS) is 13.3. The molecule has 0 aromatic rings. The van der Waals surface area contributed by atoms with Crippen LogP contribution < -0.4 is 0 Å². The molecule has 0 spiro atoms. The minimum absolute atomic E-state index is 0.181. The summed E-state index contributed by atoms with van der Waals surface area (Å²) in [6, 6.07) is 0. The predicted molar refractivity (Wildman–Crippen MR) is 290 cm³/mol. The van der Waals surface area contributed by atoms with Crippen molar-refractivity contribution in [2.75, 3.05) is 47.5 Å². The van der Waals surface area contributed by atoms with Crippen LogP contribution in [-0.2, 0) is 33.3 Å². The minimum atomic E-state index is -1.51. The van der Waals surface area contributed by atoms with Crippen molar-refractivity contribution in [3.05, 3.63) is 72.9 Å². The van der Waals surface area contributed by atoms with E-state index in [2.05, 4.69) is 86.8 Å². The van der Waals surface area contributed by atoms with Crippen LogP contribution in [0.4, 0.5) is 0 Å². The van der Waals surface area contributed by atoms with Gasteiger partial charge in [0.1, 0.15) is 13.2 Å². The number of likely N-dealkylation sites (N-methyl/N-ethyl adjacent to an activating group) is 1. The van der Waals surface area contributed by atoms with Gasteiger partial charge in [0.2, 0.25) is 0 Å². The Hall–Kier alpha value is -3.27. The van der Waals surface area contributed by atoms with E-state index in [1.54, 1.807) is 0 Å². The molecular weight excluding hydrogens is 863 g/mol. The molecule has 0 saturated heterocycles.